The molecule has 0 saturated heterocycles. The summed E-state index contributed by atoms with van der Waals surface area (Å²) >= 11 is 4.08. The number of carboxylic acid groups (broad SMARTS) is 1. The van der Waals surface area contributed by atoms with E-state index in [1.165, 1.54) is 15.8 Å². The monoisotopic (exact) mass is 449 g/mol. The third-order valence-corrected chi connectivity index (χ3v) is 5.83. The predicted molar refractivity (Wildman–Crippen MR) is 117 cm³/mol. The smallest absolute Gasteiger partial charge is 0.319 e. The molecule has 2 aromatic carbocycles. The Labute approximate surface area is 172 Å². The molecule has 0 fully saturated rings. The lowest BCUT2D eigenvalue weighted by Gasteiger charge is -2.27. The number of hydrogen-bond acceptors (Lipinski definition) is 4. The maximum atomic E-state index is 11.4. The van der Waals surface area contributed by atoms with Crippen molar-refractivity contribution in [3.63, 3.8) is 0 Å². The molecule has 0 saturated carbocycles. The molecule has 144 valence electrons. The van der Waals surface area contributed by atoms with E-state index in [2.05, 4.69) is 41.1 Å². The van der Waals surface area contributed by atoms with Gasteiger partial charge in [0, 0.05) is 0 Å². The van der Waals surface area contributed by atoms with Crippen molar-refractivity contribution in [2.24, 2.45) is 0 Å². The number of thioether (sulfide) groups is 1. The second kappa shape index (κ2) is 8.89. The van der Waals surface area contributed by atoms with Gasteiger partial charge in [-0.15, -0.1) is 0 Å². The number of aryl methyl sites for hydroxylation is 1. The van der Waals surface area contributed by atoms with Crippen LogP contribution in [0, 0.1) is 10.8 Å². The van der Waals surface area contributed by atoms with Crippen LogP contribution < -0.4 is 0 Å². The Morgan fingerprint density at radius 2 is 1.70 bits per heavy atom. The Morgan fingerprint density at radius 1 is 1.15 bits per heavy atom. The molecule has 0 atom stereocenters. The van der Waals surface area contributed by atoms with Gasteiger partial charge in [0.25, 0.3) is 0 Å². The fraction of sp³-hybridized carbons (Fsp3) is 0.350. The third kappa shape index (κ3) is 5.11. The maximum absolute atomic E-state index is 11.4. The Balaban J connectivity index is 2.37. The van der Waals surface area contributed by atoms with Crippen LogP contribution in [0.3, 0.4) is 0 Å². The molecular weight excluding hydrogens is 426 g/mol. The summed E-state index contributed by atoms with van der Waals surface area (Å²) in [5.74, 6) is -0.993. The van der Waals surface area contributed by atoms with Crippen LogP contribution in [0.5, 0.6) is 0 Å². The Kier molecular flexibility index (Phi) is 7.06. The third-order valence-electron chi connectivity index (χ3n) is 4.30. The van der Waals surface area contributed by atoms with Crippen LogP contribution in [0.1, 0.15) is 38.3 Å². The van der Waals surface area contributed by atoms with Gasteiger partial charge in [-0.1, -0.05) is 61.5 Å². The molecule has 5 nitrogen and oxygen atoms in total. The SMILES string of the molecule is CCCc1ccc(CN(C(=N)Br)C(=N)SC(C)(C)C(=O)O)c2ccccc12. The molecule has 0 radical (unpaired) electrons. The van der Waals surface area contributed by atoms with E-state index < -0.39 is 10.7 Å². The number of halogens is 1. The summed E-state index contributed by atoms with van der Waals surface area (Å²) in [6, 6.07) is 12.3. The van der Waals surface area contributed by atoms with E-state index in [0.29, 0.717) is 6.54 Å². The van der Waals surface area contributed by atoms with Crippen molar-refractivity contribution in [3.05, 3.63) is 47.5 Å². The van der Waals surface area contributed by atoms with Gasteiger partial charge in [0.15, 0.2) is 9.91 Å². The first-order chi connectivity index (χ1) is 12.7. The first-order valence-corrected chi connectivity index (χ1v) is 10.3. The average Bonchev–Trinajstić information content (AvgIpc) is 2.60. The molecule has 2 rings (SSSR count). The van der Waals surface area contributed by atoms with E-state index in [9.17, 15) is 9.90 Å². The Bertz CT molecular complexity index is 883. The fourth-order valence-corrected chi connectivity index (χ4v) is 4.05. The van der Waals surface area contributed by atoms with Gasteiger partial charge in [-0.25, -0.2) is 0 Å². The molecule has 0 heterocycles. The van der Waals surface area contributed by atoms with Gasteiger partial charge in [0.05, 0.1) is 6.54 Å². The number of carbonyl (C=O) groups is 1. The summed E-state index contributed by atoms with van der Waals surface area (Å²) in [5, 5.41) is 28.0. The summed E-state index contributed by atoms with van der Waals surface area (Å²) in [7, 11) is 0. The normalized spacial score (nSPS) is 11.4. The quantitative estimate of drug-likeness (QED) is 0.310. The number of amidine groups is 2. The van der Waals surface area contributed by atoms with E-state index in [4.69, 9.17) is 10.8 Å². The zero-order valence-corrected chi connectivity index (χ0v) is 18.1. The van der Waals surface area contributed by atoms with Gasteiger partial charge in [-0.05, 0) is 58.1 Å². The molecule has 0 unspecified atom stereocenters. The average molecular weight is 450 g/mol. The molecule has 0 bridgehead atoms. The van der Waals surface area contributed by atoms with Gasteiger partial charge in [0.1, 0.15) is 4.75 Å². The number of carboxylic acids is 1. The second-order valence-electron chi connectivity index (χ2n) is 6.78. The number of rotatable bonds is 6. The minimum absolute atomic E-state index is 0.0194. The molecule has 7 heteroatoms. The summed E-state index contributed by atoms with van der Waals surface area (Å²) in [5.41, 5.74) is 2.28. The molecule has 0 aromatic heterocycles. The van der Waals surface area contributed by atoms with Gasteiger partial charge in [0.2, 0.25) is 0 Å². The topological polar surface area (TPSA) is 88.2 Å². The number of aliphatic carboxylic acids is 1. The van der Waals surface area contributed by atoms with E-state index in [0.717, 1.165) is 35.6 Å². The lowest BCUT2D eigenvalue weighted by Crippen LogP contribution is -2.36. The molecule has 0 aliphatic heterocycles. The van der Waals surface area contributed by atoms with Crippen molar-refractivity contribution in [2.45, 2.75) is 44.9 Å². The molecule has 0 amide bonds. The highest BCUT2D eigenvalue weighted by Crippen LogP contribution is 2.30. The van der Waals surface area contributed by atoms with Gasteiger partial charge in [-0.3, -0.25) is 20.5 Å². The lowest BCUT2D eigenvalue weighted by atomic mass is 9.97. The molecule has 27 heavy (non-hydrogen) atoms. The number of benzene rings is 2. The number of nitrogens with one attached hydrogen (secondary N) is 2. The van der Waals surface area contributed by atoms with E-state index >= 15 is 0 Å². The van der Waals surface area contributed by atoms with Crippen LogP contribution >= 0.6 is 27.7 Å². The van der Waals surface area contributed by atoms with Gasteiger partial charge in [-0.2, -0.15) is 0 Å². The van der Waals surface area contributed by atoms with E-state index in [-0.39, 0.29) is 9.91 Å². The van der Waals surface area contributed by atoms with Crippen LogP contribution in [0.4, 0.5) is 0 Å². The van der Waals surface area contributed by atoms with Crippen LogP contribution in [0.25, 0.3) is 10.8 Å². The molecule has 2 aromatic rings. The predicted octanol–water partition coefficient (Wildman–Crippen LogP) is 5.46. The molecular formula is C20H24BrN3O2S. The second-order valence-corrected chi connectivity index (χ2v) is 9.14. The standard InChI is InChI=1S/C20H24BrN3O2S/c1-4-7-13-10-11-14(16-9-6-5-8-15(13)16)12-24(18(21)22)19(23)27-20(2,3)17(25)26/h5-6,8-11,22-23H,4,7,12H2,1-3H3,(H,25,26). The Morgan fingerprint density at radius 3 is 2.22 bits per heavy atom. The van der Waals surface area contributed by atoms with Crippen molar-refractivity contribution >= 4 is 54.3 Å². The molecule has 0 aliphatic rings. The number of hydrogen-bond donors (Lipinski definition) is 3. The lowest BCUT2D eigenvalue weighted by molar-refractivity contribution is -0.138. The van der Waals surface area contributed by atoms with Crippen molar-refractivity contribution in [2.75, 3.05) is 0 Å². The maximum Gasteiger partial charge on any atom is 0.319 e. The van der Waals surface area contributed by atoms with Crippen LogP contribution in [-0.4, -0.2) is 30.6 Å². The molecule has 3 N–H and O–H groups in total. The van der Waals surface area contributed by atoms with Crippen molar-refractivity contribution in [1.29, 1.82) is 10.8 Å². The largest absolute Gasteiger partial charge is 0.480 e. The number of nitrogens with zero attached hydrogens (tertiary/aromatic N) is 1. The molecule has 0 spiro atoms. The summed E-state index contributed by atoms with van der Waals surface area (Å²) in [6.07, 6.45) is 2.06. The highest BCUT2D eigenvalue weighted by molar-refractivity contribution is 9.18. The van der Waals surface area contributed by atoms with E-state index in [1.807, 2.05) is 18.2 Å². The first-order valence-electron chi connectivity index (χ1n) is 8.69. The van der Waals surface area contributed by atoms with Crippen molar-refractivity contribution < 1.29 is 9.90 Å². The van der Waals surface area contributed by atoms with Gasteiger partial charge >= 0.3 is 5.97 Å². The van der Waals surface area contributed by atoms with Crippen molar-refractivity contribution in [1.82, 2.24) is 4.90 Å². The molecule has 0 aliphatic carbocycles. The summed E-state index contributed by atoms with van der Waals surface area (Å²) in [4.78, 5) is 12.8. The van der Waals surface area contributed by atoms with E-state index in [1.54, 1.807) is 13.8 Å². The van der Waals surface area contributed by atoms with Gasteiger partial charge < -0.3 is 5.11 Å². The van der Waals surface area contributed by atoms with Crippen LogP contribution in [0.2, 0.25) is 0 Å². The van der Waals surface area contributed by atoms with Crippen molar-refractivity contribution in [3.8, 4) is 0 Å². The minimum Gasteiger partial charge on any atom is -0.480 e. The van der Waals surface area contributed by atoms with Crippen LogP contribution in [-0.2, 0) is 17.8 Å². The summed E-state index contributed by atoms with van der Waals surface area (Å²) in [6.45, 7) is 5.58. The number of fused-ring (bicyclic) bond motifs is 1. The minimum atomic E-state index is -1.15. The Hall–Kier alpha value is -1.86. The zero-order valence-electron chi connectivity index (χ0n) is 15.7. The fourth-order valence-electron chi connectivity index (χ4n) is 2.79. The first kappa shape index (κ1) is 21.4. The highest BCUT2D eigenvalue weighted by atomic mass is 79.9. The summed E-state index contributed by atoms with van der Waals surface area (Å²) < 4.78 is -1.12. The zero-order chi connectivity index (χ0) is 20.2. The van der Waals surface area contributed by atoms with Crippen LogP contribution in [0.15, 0.2) is 36.4 Å². The highest BCUT2D eigenvalue weighted by Gasteiger charge is 2.32.